The third kappa shape index (κ3) is 6.64. The van der Waals surface area contributed by atoms with E-state index >= 15 is 0 Å². The molecule has 4 aromatic rings. The van der Waals surface area contributed by atoms with Gasteiger partial charge in [-0.2, -0.15) is 26.3 Å². The summed E-state index contributed by atoms with van der Waals surface area (Å²) in [5.74, 6) is -3.40. The molecule has 0 fully saturated rings. The Bertz CT molecular complexity index is 1590. The molecule has 1 atom stereocenters. The van der Waals surface area contributed by atoms with Gasteiger partial charge in [0.2, 0.25) is 5.88 Å². The minimum atomic E-state index is -5.14. The molecule has 0 aliphatic rings. The molecule has 224 valence electrons. The Morgan fingerprint density at radius 3 is 2.19 bits per heavy atom. The van der Waals surface area contributed by atoms with Gasteiger partial charge in [0.05, 0.1) is 11.1 Å². The summed E-state index contributed by atoms with van der Waals surface area (Å²) in [7, 11) is 3.01. The van der Waals surface area contributed by atoms with Gasteiger partial charge in [-0.3, -0.25) is 14.6 Å². The van der Waals surface area contributed by atoms with E-state index < -0.39 is 58.7 Å². The highest BCUT2D eigenvalue weighted by Crippen LogP contribution is 2.37. The minimum absolute atomic E-state index is 0.0609. The summed E-state index contributed by atoms with van der Waals surface area (Å²) in [5.41, 5.74) is -2.51. The van der Waals surface area contributed by atoms with Crippen LogP contribution in [0.25, 0.3) is 10.9 Å². The third-order valence-electron chi connectivity index (χ3n) is 6.79. The third-order valence-corrected chi connectivity index (χ3v) is 6.79. The molecule has 0 aliphatic heterocycles. The summed E-state index contributed by atoms with van der Waals surface area (Å²) in [6, 6.07) is 8.01. The number of nitrogens with zero attached hydrogens (tertiary/aromatic N) is 2. The number of esters is 1. The first-order valence-electron chi connectivity index (χ1n) is 12.5. The Balaban J connectivity index is 1.66. The molecule has 0 saturated carbocycles. The van der Waals surface area contributed by atoms with Crippen molar-refractivity contribution in [1.82, 2.24) is 14.5 Å². The number of halogens is 6. The molecule has 0 radical (unpaired) electrons. The molecule has 0 aliphatic carbocycles. The van der Waals surface area contributed by atoms with E-state index in [4.69, 9.17) is 4.74 Å². The summed E-state index contributed by atoms with van der Waals surface area (Å²) in [6.07, 6.45) is -8.86. The number of H-pyrrole nitrogens is 1. The Morgan fingerprint density at radius 1 is 1.00 bits per heavy atom. The molecule has 14 heteroatoms. The molecule has 42 heavy (non-hydrogen) atoms. The van der Waals surface area contributed by atoms with Crippen LogP contribution < -0.4 is 4.74 Å². The molecule has 2 aromatic carbocycles. The number of aromatic hydroxyl groups is 2. The lowest BCUT2D eigenvalue weighted by atomic mass is 9.98. The fourth-order valence-corrected chi connectivity index (χ4v) is 4.67. The van der Waals surface area contributed by atoms with E-state index in [2.05, 4.69) is 4.98 Å². The van der Waals surface area contributed by atoms with E-state index in [-0.39, 0.29) is 31.1 Å². The zero-order chi connectivity index (χ0) is 31.0. The van der Waals surface area contributed by atoms with E-state index in [0.717, 1.165) is 27.4 Å². The van der Waals surface area contributed by atoms with Crippen molar-refractivity contribution < 1.29 is 50.9 Å². The van der Waals surface area contributed by atoms with Gasteiger partial charge >= 0.3 is 18.3 Å². The molecule has 0 saturated heterocycles. The number of aryl methyl sites for hydroxylation is 1. The largest absolute Gasteiger partial charge is 0.494 e. The number of fused-ring (bicyclic) bond motifs is 1. The lowest BCUT2D eigenvalue weighted by Crippen LogP contribution is -2.39. The number of ether oxygens (including phenoxy) is 1. The summed E-state index contributed by atoms with van der Waals surface area (Å²) in [6.45, 7) is 0. The average molecular weight is 598 g/mol. The van der Waals surface area contributed by atoms with Crippen molar-refractivity contribution in [3.05, 3.63) is 77.0 Å². The van der Waals surface area contributed by atoms with E-state index in [9.17, 15) is 46.1 Å². The number of benzene rings is 2. The summed E-state index contributed by atoms with van der Waals surface area (Å²) in [4.78, 5) is 29.1. The number of para-hydroxylation sites is 1. The molecular weight excluding hydrogens is 572 g/mol. The number of hydrogen-bond donors (Lipinski definition) is 3. The summed E-state index contributed by atoms with van der Waals surface area (Å²) >= 11 is 0. The molecule has 0 bridgehead atoms. The smallest absolute Gasteiger partial charge is 0.416 e. The molecule has 2 heterocycles. The fourth-order valence-electron chi connectivity index (χ4n) is 4.67. The summed E-state index contributed by atoms with van der Waals surface area (Å²) < 4.78 is 87.5. The lowest BCUT2D eigenvalue weighted by molar-refractivity contribution is -0.143. The van der Waals surface area contributed by atoms with Crippen molar-refractivity contribution in [3.8, 4) is 17.5 Å². The lowest BCUT2D eigenvalue weighted by Gasteiger charge is -2.29. The van der Waals surface area contributed by atoms with Crippen molar-refractivity contribution in [2.45, 2.75) is 37.7 Å². The van der Waals surface area contributed by atoms with E-state index in [1.807, 2.05) is 22.8 Å². The number of likely N-dealkylation sites (N-methyl/N-ethyl adjacent to an activating group) is 1. The average Bonchev–Trinajstić information content (AvgIpc) is 3.40. The van der Waals surface area contributed by atoms with Gasteiger partial charge in [-0.05, 0) is 42.7 Å². The molecule has 8 nitrogen and oxygen atoms in total. The topological polar surface area (TPSA) is 108 Å². The second-order valence-electron chi connectivity index (χ2n) is 9.73. The van der Waals surface area contributed by atoms with Crippen molar-refractivity contribution in [3.63, 3.8) is 0 Å². The number of carbonyl (C=O) groups is 2. The molecule has 1 unspecified atom stereocenters. The van der Waals surface area contributed by atoms with Gasteiger partial charge in [0.1, 0.15) is 0 Å². The Labute approximate surface area is 234 Å². The number of aromatic amines is 1. The van der Waals surface area contributed by atoms with Crippen LogP contribution in [-0.2, 0) is 30.6 Å². The molecular formula is C28H25F6N3O5. The number of carbonyl (C=O) groups excluding carboxylic acids is 2. The SMILES string of the molecule is CN(C(=O)c1cc(C(F)(F)F)cc(C(F)(F)F)c1)C(CCC(=O)Oc1cc(O)[nH]c1O)Cc1cn(C)c2ccccc12. The zero-order valence-electron chi connectivity index (χ0n) is 22.2. The quantitative estimate of drug-likeness (QED) is 0.170. The van der Waals surface area contributed by atoms with Crippen LogP contribution in [0.15, 0.2) is 54.7 Å². The minimum Gasteiger partial charge on any atom is -0.494 e. The predicted molar refractivity (Wildman–Crippen MR) is 138 cm³/mol. The number of rotatable bonds is 8. The van der Waals surface area contributed by atoms with Gasteiger partial charge < -0.3 is 24.4 Å². The van der Waals surface area contributed by atoms with Crippen molar-refractivity contribution >= 4 is 22.8 Å². The van der Waals surface area contributed by atoms with E-state index in [1.54, 1.807) is 19.3 Å². The number of amides is 1. The predicted octanol–water partition coefficient (Wildman–Crippen LogP) is 6.02. The normalized spacial score (nSPS) is 12.9. The van der Waals surface area contributed by atoms with Gasteiger partial charge in [0, 0.05) is 55.3 Å². The maximum atomic E-state index is 13.4. The van der Waals surface area contributed by atoms with Gasteiger partial charge in [0.15, 0.2) is 11.6 Å². The number of hydrogen-bond acceptors (Lipinski definition) is 5. The van der Waals surface area contributed by atoms with Crippen LogP contribution in [0.4, 0.5) is 26.3 Å². The van der Waals surface area contributed by atoms with Gasteiger partial charge in [-0.25, -0.2) is 0 Å². The second-order valence-corrected chi connectivity index (χ2v) is 9.73. The van der Waals surface area contributed by atoms with Crippen LogP contribution >= 0.6 is 0 Å². The zero-order valence-corrected chi connectivity index (χ0v) is 22.2. The van der Waals surface area contributed by atoms with Crippen LogP contribution in [0.3, 0.4) is 0 Å². The number of alkyl halides is 6. The number of nitrogens with one attached hydrogen (secondary N) is 1. The van der Waals surface area contributed by atoms with Crippen LogP contribution in [0.5, 0.6) is 17.5 Å². The molecule has 4 rings (SSSR count). The highest BCUT2D eigenvalue weighted by atomic mass is 19.4. The highest BCUT2D eigenvalue weighted by molar-refractivity contribution is 5.95. The molecule has 0 spiro atoms. The Morgan fingerprint density at radius 2 is 1.62 bits per heavy atom. The molecule has 1 amide bonds. The van der Waals surface area contributed by atoms with Crippen molar-refractivity contribution in [2.24, 2.45) is 7.05 Å². The second kappa shape index (κ2) is 11.3. The van der Waals surface area contributed by atoms with Gasteiger partial charge in [-0.1, -0.05) is 18.2 Å². The maximum Gasteiger partial charge on any atom is 0.416 e. The van der Waals surface area contributed by atoms with Crippen LogP contribution in [-0.4, -0.2) is 49.6 Å². The first-order chi connectivity index (χ1) is 19.5. The van der Waals surface area contributed by atoms with E-state index in [0.29, 0.717) is 12.1 Å². The monoisotopic (exact) mass is 597 g/mol. The van der Waals surface area contributed by atoms with Crippen LogP contribution in [0, 0.1) is 0 Å². The van der Waals surface area contributed by atoms with Gasteiger partial charge in [0.25, 0.3) is 5.91 Å². The Kier molecular flexibility index (Phi) is 8.19. The van der Waals surface area contributed by atoms with Crippen molar-refractivity contribution in [2.75, 3.05) is 7.05 Å². The van der Waals surface area contributed by atoms with Crippen LogP contribution in [0.2, 0.25) is 0 Å². The van der Waals surface area contributed by atoms with Gasteiger partial charge in [-0.15, -0.1) is 0 Å². The highest BCUT2D eigenvalue weighted by Gasteiger charge is 2.38. The fraction of sp³-hybridized carbons (Fsp3) is 0.286. The molecule has 3 N–H and O–H groups in total. The first-order valence-corrected chi connectivity index (χ1v) is 12.5. The Hall–Kier alpha value is -4.62. The van der Waals surface area contributed by atoms with E-state index in [1.165, 1.54) is 7.05 Å². The van der Waals surface area contributed by atoms with Crippen LogP contribution in [0.1, 0.15) is 39.9 Å². The maximum absolute atomic E-state index is 13.4. The molecule has 2 aromatic heterocycles. The summed E-state index contributed by atoms with van der Waals surface area (Å²) in [5, 5.41) is 19.9. The number of aromatic nitrogens is 2. The van der Waals surface area contributed by atoms with Crippen molar-refractivity contribution in [1.29, 1.82) is 0 Å². The first kappa shape index (κ1) is 30.3. The standard InChI is InChI=1S/C28H25F6N3O5/c1-36-14-16(20-5-3-4-6-21(20)36)11-19(7-8-24(39)42-22-13-23(38)35-25(22)40)37(2)26(41)15-9-17(27(29,30)31)12-18(10-15)28(32,33)34/h3-6,9-10,12-14,19,35,38,40H,7-8,11H2,1-2H3.